The highest BCUT2D eigenvalue weighted by atomic mass is 35.5. The van der Waals surface area contributed by atoms with Gasteiger partial charge in [-0.15, -0.1) is 12.4 Å². The lowest BCUT2D eigenvalue weighted by Crippen LogP contribution is -2.45. The van der Waals surface area contributed by atoms with Crippen molar-refractivity contribution in [3.63, 3.8) is 0 Å². The van der Waals surface area contributed by atoms with Gasteiger partial charge in [-0.05, 0) is 30.2 Å². The third kappa shape index (κ3) is 5.28. The molecule has 0 saturated carbocycles. The molecule has 0 saturated heterocycles. The number of hydrogen-bond donors (Lipinski definition) is 1. The van der Waals surface area contributed by atoms with E-state index in [4.69, 9.17) is 17.3 Å². The highest BCUT2D eigenvalue weighted by Gasteiger charge is 2.37. The highest BCUT2D eigenvalue weighted by molar-refractivity contribution is 7.91. The first-order chi connectivity index (χ1) is 14.4. The molecule has 1 aliphatic heterocycles. The lowest BCUT2D eigenvalue weighted by atomic mass is 10.00. The second kappa shape index (κ2) is 9.82. The Morgan fingerprint density at radius 1 is 1.22 bits per heavy atom. The van der Waals surface area contributed by atoms with E-state index >= 15 is 0 Å². The Morgan fingerprint density at radius 2 is 1.88 bits per heavy atom. The molecule has 32 heavy (non-hydrogen) atoms. The van der Waals surface area contributed by atoms with Crippen LogP contribution in [0.5, 0.6) is 0 Å². The van der Waals surface area contributed by atoms with Crippen LogP contribution >= 0.6 is 24.0 Å². The fraction of sp³-hybridized carbons (Fsp3) is 0.333. The molecule has 6 nitrogen and oxygen atoms in total. The van der Waals surface area contributed by atoms with E-state index in [1.807, 2.05) is 0 Å². The second-order valence-corrected chi connectivity index (χ2v) is 10.3. The lowest BCUT2D eigenvalue weighted by molar-refractivity contribution is -0.119. The number of halogens is 4. The maximum atomic E-state index is 14.7. The number of hydrogen-bond acceptors (Lipinski definition) is 5. The van der Waals surface area contributed by atoms with Crippen LogP contribution in [-0.2, 0) is 21.2 Å². The average Bonchev–Trinajstić information content (AvgIpc) is 2.71. The van der Waals surface area contributed by atoms with E-state index in [0.29, 0.717) is 0 Å². The van der Waals surface area contributed by atoms with Crippen LogP contribution in [0.4, 0.5) is 14.5 Å². The zero-order valence-corrected chi connectivity index (χ0v) is 19.7. The van der Waals surface area contributed by atoms with Crippen LogP contribution in [0.25, 0.3) is 0 Å². The molecule has 0 radical (unpaired) electrons. The van der Waals surface area contributed by atoms with Crippen molar-refractivity contribution in [1.82, 2.24) is 0 Å². The molecule has 1 aliphatic rings. The third-order valence-corrected chi connectivity index (χ3v) is 6.92. The van der Waals surface area contributed by atoms with Crippen molar-refractivity contribution < 1.29 is 26.8 Å². The summed E-state index contributed by atoms with van der Waals surface area (Å²) in [5.41, 5.74) is 5.30. The predicted octanol–water partition coefficient (Wildman–Crippen LogP) is 3.92. The van der Waals surface area contributed by atoms with Gasteiger partial charge in [0.15, 0.2) is 15.6 Å². The molecule has 3 rings (SSSR count). The van der Waals surface area contributed by atoms with Crippen molar-refractivity contribution in [3.05, 3.63) is 58.1 Å². The molecule has 1 heterocycles. The number of Topliss-reactive ketones (excluding diaryl/α,β-unsaturated/α-hetero) is 1. The number of benzene rings is 2. The number of fused-ring (bicyclic) bond motifs is 1. The Kier molecular flexibility index (Phi) is 8.04. The summed E-state index contributed by atoms with van der Waals surface area (Å²) in [6, 6.07) is 4.15. The average molecular weight is 507 g/mol. The second-order valence-electron chi connectivity index (χ2n) is 7.87. The summed E-state index contributed by atoms with van der Waals surface area (Å²) in [6.45, 7) is 3.19. The number of amides is 1. The van der Waals surface area contributed by atoms with Crippen LogP contribution in [0.3, 0.4) is 0 Å². The van der Waals surface area contributed by atoms with Gasteiger partial charge in [0.2, 0.25) is 5.91 Å². The molecule has 0 bridgehead atoms. The van der Waals surface area contributed by atoms with E-state index in [1.54, 1.807) is 13.8 Å². The molecule has 0 spiro atoms. The summed E-state index contributed by atoms with van der Waals surface area (Å²) < 4.78 is 54.6. The largest absolute Gasteiger partial charge is 0.319 e. The molecular formula is C21H22Cl2F2N2O4S. The molecule has 11 heteroatoms. The smallest absolute Gasteiger partial charge is 0.245 e. The maximum Gasteiger partial charge on any atom is 0.245 e. The number of nitrogens with zero attached hydrogens (tertiary/aromatic N) is 1. The first kappa shape index (κ1) is 26.2. The Bertz CT molecular complexity index is 1170. The Hall–Kier alpha value is -2.07. The molecular weight excluding hydrogens is 485 g/mol. The van der Waals surface area contributed by atoms with Crippen LogP contribution in [0.2, 0.25) is 5.02 Å². The van der Waals surface area contributed by atoms with E-state index in [-0.39, 0.29) is 53.1 Å². The molecule has 1 atom stereocenters. The SMILES string of the molecule is CC(C)CC(=O)c1cc2c(cc1F)S(=O)(=O)C[C@H](N)C(=O)N2Cc1ccc(Cl)cc1F.Cl. The van der Waals surface area contributed by atoms with Crippen LogP contribution in [0, 0.1) is 17.6 Å². The minimum Gasteiger partial charge on any atom is -0.319 e. The van der Waals surface area contributed by atoms with Crippen LogP contribution in [-0.4, -0.2) is 31.9 Å². The van der Waals surface area contributed by atoms with Crippen molar-refractivity contribution in [2.24, 2.45) is 11.7 Å². The van der Waals surface area contributed by atoms with Crippen molar-refractivity contribution in [3.8, 4) is 0 Å². The summed E-state index contributed by atoms with van der Waals surface area (Å²) >= 11 is 5.77. The van der Waals surface area contributed by atoms with Crippen molar-refractivity contribution in [2.45, 2.75) is 37.8 Å². The molecule has 2 aromatic carbocycles. The van der Waals surface area contributed by atoms with Gasteiger partial charge in [0, 0.05) is 17.0 Å². The molecule has 1 amide bonds. The molecule has 2 aromatic rings. The van der Waals surface area contributed by atoms with Gasteiger partial charge in [-0.3, -0.25) is 9.59 Å². The standard InChI is InChI=1S/C21H21ClF2N2O4S.ClH/c1-11(2)5-19(27)14-7-18-20(8-16(14)24)31(29,30)10-17(25)21(28)26(18)9-12-3-4-13(22)6-15(12)23;/h3-4,6-8,11,17H,5,9-10,25H2,1-2H3;1H/t17-;/m0./s1. The summed E-state index contributed by atoms with van der Waals surface area (Å²) in [7, 11) is -4.14. The third-order valence-electron chi connectivity index (χ3n) is 4.89. The van der Waals surface area contributed by atoms with Gasteiger partial charge in [0.05, 0.1) is 34.5 Å². The van der Waals surface area contributed by atoms with Gasteiger partial charge >= 0.3 is 0 Å². The molecule has 174 valence electrons. The van der Waals surface area contributed by atoms with Gasteiger partial charge in [-0.1, -0.05) is 31.5 Å². The van der Waals surface area contributed by atoms with Gasteiger partial charge in [0.25, 0.3) is 0 Å². The fourth-order valence-corrected chi connectivity index (χ4v) is 5.12. The van der Waals surface area contributed by atoms with E-state index < -0.39 is 49.9 Å². The number of carbonyl (C=O) groups excluding carboxylic acids is 2. The maximum absolute atomic E-state index is 14.7. The van der Waals surface area contributed by atoms with E-state index in [1.165, 1.54) is 12.1 Å². The van der Waals surface area contributed by atoms with Gasteiger partial charge in [-0.25, -0.2) is 17.2 Å². The molecule has 2 N–H and O–H groups in total. The Labute approximate surface area is 196 Å². The Balaban J connectivity index is 0.00000363. The predicted molar refractivity (Wildman–Crippen MR) is 120 cm³/mol. The van der Waals surface area contributed by atoms with Gasteiger partial charge < -0.3 is 10.6 Å². The molecule has 0 fully saturated rings. The van der Waals surface area contributed by atoms with Crippen molar-refractivity contribution >= 4 is 51.2 Å². The summed E-state index contributed by atoms with van der Waals surface area (Å²) in [5, 5.41) is 0.145. The quantitative estimate of drug-likeness (QED) is 0.619. The number of carbonyl (C=O) groups is 2. The van der Waals surface area contributed by atoms with Crippen LogP contribution < -0.4 is 10.6 Å². The first-order valence-corrected chi connectivity index (χ1v) is 11.5. The van der Waals surface area contributed by atoms with Crippen molar-refractivity contribution in [2.75, 3.05) is 10.7 Å². The molecule has 0 aliphatic carbocycles. The lowest BCUT2D eigenvalue weighted by Gasteiger charge is -2.25. The summed E-state index contributed by atoms with van der Waals surface area (Å²) in [4.78, 5) is 26.0. The number of ketones is 1. The van der Waals surface area contributed by atoms with E-state index in [2.05, 4.69) is 0 Å². The first-order valence-electron chi connectivity index (χ1n) is 9.51. The number of rotatable bonds is 5. The number of nitrogens with two attached hydrogens (primary N) is 1. The summed E-state index contributed by atoms with van der Waals surface area (Å²) in [5.74, 6) is -3.84. The van der Waals surface area contributed by atoms with Crippen LogP contribution in [0.1, 0.15) is 36.2 Å². The zero-order chi connectivity index (χ0) is 23.1. The zero-order valence-electron chi connectivity index (χ0n) is 17.3. The van der Waals surface area contributed by atoms with Gasteiger partial charge in [0.1, 0.15) is 11.6 Å². The highest BCUT2D eigenvalue weighted by Crippen LogP contribution is 2.35. The monoisotopic (exact) mass is 506 g/mol. The molecule has 0 unspecified atom stereocenters. The Morgan fingerprint density at radius 3 is 2.47 bits per heavy atom. The number of anilines is 1. The minimum absolute atomic E-state index is 0. The normalized spacial score (nSPS) is 17.5. The minimum atomic E-state index is -4.14. The number of sulfone groups is 1. The van der Waals surface area contributed by atoms with Crippen LogP contribution in [0.15, 0.2) is 35.2 Å². The van der Waals surface area contributed by atoms with Gasteiger partial charge in [-0.2, -0.15) is 0 Å². The molecule has 0 aromatic heterocycles. The van der Waals surface area contributed by atoms with E-state index in [0.717, 1.165) is 23.1 Å². The topological polar surface area (TPSA) is 97.5 Å². The summed E-state index contributed by atoms with van der Waals surface area (Å²) in [6.07, 6.45) is 0.0295. The fourth-order valence-electron chi connectivity index (χ4n) is 3.40. The van der Waals surface area contributed by atoms with Crippen molar-refractivity contribution in [1.29, 1.82) is 0 Å². The van der Waals surface area contributed by atoms with E-state index in [9.17, 15) is 26.8 Å².